The molecule has 4 heteroatoms. The Morgan fingerprint density at radius 3 is 2.38 bits per heavy atom. The molecule has 0 bridgehead atoms. The van der Waals surface area contributed by atoms with Gasteiger partial charge in [0.05, 0.1) is 5.69 Å². The molecule has 2 aromatic rings. The fourth-order valence-electron chi connectivity index (χ4n) is 2.75. The summed E-state index contributed by atoms with van der Waals surface area (Å²) in [5.41, 5.74) is 3.99. The van der Waals surface area contributed by atoms with Gasteiger partial charge in [-0.15, -0.1) is 0 Å². The van der Waals surface area contributed by atoms with Crippen LogP contribution in [0, 0.1) is 25.6 Å². The summed E-state index contributed by atoms with van der Waals surface area (Å²) in [5.74, 6) is 1.18. The zero-order valence-electron chi connectivity index (χ0n) is 15.4. The summed E-state index contributed by atoms with van der Waals surface area (Å²) in [5, 5.41) is 3.60. The maximum absolute atomic E-state index is 13.2. The molecule has 24 heavy (non-hydrogen) atoms. The van der Waals surface area contributed by atoms with Crippen molar-refractivity contribution in [2.45, 2.75) is 53.5 Å². The molecular weight excluding hydrogens is 301 g/mol. The van der Waals surface area contributed by atoms with Crippen molar-refractivity contribution in [3.05, 3.63) is 47.2 Å². The zero-order valence-corrected chi connectivity index (χ0v) is 15.4. The van der Waals surface area contributed by atoms with Gasteiger partial charge in [-0.25, -0.2) is 14.4 Å². The Morgan fingerprint density at radius 1 is 1.08 bits per heavy atom. The van der Waals surface area contributed by atoms with Crippen LogP contribution in [0.1, 0.15) is 44.3 Å². The van der Waals surface area contributed by atoms with E-state index in [0.717, 1.165) is 41.3 Å². The largest absolute Gasteiger partial charge is 0.314 e. The summed E-state index contributed by atoms with van der Waals surface area (Å²) in [4.78, 5) is 9.17. The molecule has 0 amide bonds. The molecule has 1 aromatic heterocycles. The Bertz CT molecular complexity index is 667. The van der Waals surface area contributed by atoms with Crippen molar-refractivity contribution < 1.29 is 4.39 Å². The minimum Gasteiger partial charge on any atom is -0.314 e. The van der Waals surface area contributed by atoms with Gasteiger partial charge in [-0.1, -0.05) is 20.3 Å². The molecule has 0 saturated heterocycles. The first-order valence-corrected chi connectivity index (χ1v) is 8.74. The molecule has 130 valence electrons. The van der Waals surface area contributed by atoms with Crippen LogP contribution in [0.15, 0.2) is 24.3 Å². The maximum atomic E-state index is 13.2. The number of aromatic nitrogens is 2. The molecule has 0 saturated carbocycles. The Balaban J connectivity index is 2.26. The highest BCUT2D eigenvalue weighted by atomic mass is 19.1. The summed E-state index contributed by atoms with van der Waals surface area (Å²) in [7, 11) is 0. The molecule has 1 aromatic carbocycles. The second-order valence-corrected chi connectivity index (χ2v) is 6.72. The van der Waals surface area contributed by atoms with Crippen LogP contribution in [0.4, 0.5) is 4.39 Å². The van der Waals surface area contributed by atoms with Crippen molar-refractivity contribution in [1.29, 1.82) is 0 Å². The third-order valence-corrected chi connectivity index (χ3v) is 4.47. The van der Waals surface area contributed by atoms with Crippen LogP contribution < -0.4 is 5.32 Å². The second kappa shape index (κ2) is 8.34. The van der Waals surface area contributed by atoms with Gasteiger partial charge in [-0.3, -0.25) is 0 Å². The molecule has 3 nitrogen and oxygen atoms in total. The summed E-state index contributed by atoms with van der Waals surface area (Å²) in [6.45, 7) is 11.6. The van der Waals surface area contributed by atoms with Gasteiger partial charge < -0.3 is 5.32 Å². The van der Waals surface area contributed by atoms with Crippen molar-refractivity contribution in [3.63, 3.8) is 0 Å². The van der Waals surface area contributed by atoms with Gasteiger partial charge in [0.25, 0.3) is 0 Å². The van der Waals surface area contributed by atoms with Crippen molar-refractivity contribution in [2.24, 2.45) is 5.92 Å². The topological polar surface area (TPSA) is 37.8 Å². The summed E-state index contributed by atoms with van der Waals surface area (Å²) in [6.07, 6.45) is 2.03. The average molecular weight is 329 g/mol. The highest BCUT2D eigenvalue weighted by Gasteiger charge is 2.15. The van der Waals surface area contributed by atoms with E-state index in [1.54, 1.807) is 12.1 Å². The monoisotopic (exact) mass is 329 g/mol. The van der Waals surface area contributed by atoms with Crippen molar-refractivity contribution in [2.75, 3.05) is 6.54 Å². The van der Waals surface area contributed by atoms with Crippen LogP contribution in [0.5, 0.6) is 0 Å². The van der Waals surface area contributed by atoms with Crippen LogP contribution in [-0.2, 0) is 6.42 Å². The molecule has 2 atom stereocenters. The number of hydrogen-bond donors (Lipinski definition) is 1. The van der Waals surface area contributed by atoms with E-state index in [1.807, 2.05) is 13.8 Å². The minimum atomic E-state index is -0.230. The summed E-state index contributed by atoms with van der Waals surface area (Å²) >= 11 is 0. The normalized spacial score (nSPS) is 13.8. The van der Waals surface area contributed by atoms with Gasteiger partial charge in [0.1, 0.15) is 11.6 Å². The summed E-state index contributed by atoms with van der Waals surface area (Å²) in [6, 6.07) is 6.88. The van der Waals surface area contributed by atoms with Gasteiger partial charge in [-0.05, 0) is 63.9 Å². The standard InChI is InChI=1S/C20H28FN3/c1-6-13(2)12-22-14(3)11-19-15(4)23-16(5)24-20(19)17-7-9-18(21)10-8-17/h7-10,13-14,22H,6,11-12H2,1-5H3/t13-,14-/m1/s1. The smallest absolute Gasteiger partial charge is 0.126 e. The van der Waals surface area contributed by atoms with Crippen molar-refractivity contribution >= 4 is 0 Å². The quantitative estimate of drug-likeness (QED) is 0.814. The molecule has 1 heterocycles. The first-order chi connectivity index (χ1) is 11.4. The van der Waals surface area contributed by atoms with E-state index < -0.39 is 0 Å². The molecule has 0 aliphatic rings. The molecule has 0 unspecified atom stereocenters. The lowest BCUT2D eigenvalue weighted by Gasteiger charge is -2.19. The lowest BCUT2D eigenvalue weighted by molar-refractivity contribution is 0.450. The van der Waals surface area contributed by atoms with Crippen molar-refractivity contribution in [3.8, 4) is 11.3 Å². The van der Waals surface area contributed by atoms with E-state index in [1.165, 1.54) is 18.6 Å². The second-order valence-electron chi connectivity index (χ2n) is 6.72. The number of aryl methyl sites for hydroxylation is 2. The first-order valence-electron chi connectivity index (χ1n) is 8.74. The molecule has 0 radical (unpaired) electrons. The number of benzene rings is 1. The Hall–Kier alpha value is -1.81. The van der Waals surface area contributed by atoms with Crippen LogP contribution >= 0.6 is 0 Å². The van der Waals surface area contributed by atoms with E-state index in [9.17, 15) is 4.39 Å². The number of nitrogens with one attached hydrogen (secondary N) is 1. The lowest BCUT2D eigenvalue weighted by atomic mass is 9.98. The van der Waals surface area contributed by atoms with E-state index in [2.05, 4.69) is 36.1 Å². The predicted molar refractivity (Wildman–Crippen MR) is 97.5 cm³/mol. The van der Waals surface area contributed by atoms with Gasteiger partial charge in [-0.2, -0.15) is 0 Å². The van der Waals surface area contributed by atoms with Crippen LogP contribution in [-0.4, -0.2) is 22.6 Å². The first kappa shape index (κ1) is 18.5. The molecule has 0 fully saturated rings. The zero-order chi connectivity index (χ0) is 17.7. The van der Waals surface area contributed by atoms with Crippen LogP contribution in [0.25, 0.3) is 11.3 Å². The Kier molecular flexibility index (Phi) is 6.44. The third kappa shape index (κ3) is 4.84. The summed E-state index contributed by atoms with van der Waals surface area (Å²) < 4.78 is 13.2. The number of nitrogens with zero attached hydrogens (tertiary/aromatic N) is 2. The number of rotatable bonds is 7. The fraction of sp³-hybridized carbons (Fsp3) is 0.500. The molecule has 0 spiro atoms. The predicted octanol–water partition coefficient (Wildman–Crippen LogP) is 4.47. The van der Waals surface area contributed by atoms with Crippen LogP contribution in [0.3, 0.4) is 0 Å². The molecular formula is C20H28FN3. The van der Waals surface area contributed by atoms with E-state index >= 15 is 0 Å². The number of hydrogen-bond acceptors (Lipinski definition) is 3. The van der Waals surface area contributed by atoms with Crippen molar-refractivity contribution in [1.82, 2.24) is 15.3 Å². The Morgan fingerprint density at radius 2 is 1.75 bits per heavy atom. The SMILES string of the molecule is CC[C@@H](C)CN[C@H](C)Cc1c(C)nc(C)nc1-c1ccc(F)cc1. The van der Waals surface area contributed by atoms with Gasteiger partial charge in [0.15, 0.2) is 0 Å². The molecule has 2 rings (SSSR count). The van der Waals surface area contributed by atoms with Gasteiger partial charge >= 0.3 is 0 Å². The lowest BCUT2D eigenvalue weighted by Crippen LogP contribution is -2.32. The van der Waals surface area contributed by atoms with E-state index in [4.69, 9.17) is 0 Å². The Labute approximate surface area is 144 Å². The maximum Gasteiger partial charge on any atom is 0.126 e. The third-order valence-electron chi connectivity index (χ3n) is 4.47. The highest BCUT2D eigenvalue weighted by molar-refractivity contribution is 5.64. The highest BCUT2D eigenvalue weighted by Crippen LogP contribution is 2.25. The van der Waals surface area contributed by atoms with E-state index in [-0.39, 0.29) is 5.82 Å². The molecule has 0 aliphatic heterocycles. The van der Waals surface area contributed by atoms with E-state index in [0.29, 0.717) is 12.0 Å². The number of halogens is 1. The fourth-order valence-corrected chi connectivity index (χ4v) is 2.75. The van der Waals surface area contributed by atoms with Crippen LogP contribution in [0.2, 0.25) is 0 Å². The van der Waals surface area contributed by atoms with Gasteiger partial charge in [0, 0.05) is 22.9 Å². The molecule has 1 N–H and O–H groups in total. The average Bonchev–Trinajstić information content (AvgIpc) is 2.55. The minimum absolute atomic E-state index is 0.230. The van der Waals surface area contributed by atoms with Gasteiger partial charge in [0.2, 0.25) is 0 Å². The molecule has 0 aliphatic carbocycles.